The highest BCUT2D eigenvalue weighted by Gasteiger charge is 2.10. The van der Waals surface area contributed by atoms with Crippen molar-refractivity contribution in [2.24, 2.45) is 0 Å². The SMILES string of the molecule is C=C(C)CS(=O)(=O)NCCCc1nnc2ccccn12. The summed E-state index contributed by atoms with van der Waals surface area (Å²) in [5, 5.41) is 8.15. The first-order valence-electron chi connectivity index (χ1n) is 6.38. The molecule has 1 N–H and O–H groups in total. The lowest BCUT2D eigenvalue weighted by molar-refractivity contribution is 0.580. The highest BCUT2D eigenvalue weighted by atomic mass is 32.2. The molecule has 6 nitrogen and oxygen atoms in total. The van der Waals surface area contributed by atoms with Crippen molar-refractivity contribution in [3.05, 3.63) is 42.4 Å². The van der Waals surface area contributed by atoms with E-state index in [9.17, 15) is 8.42 Å². The third kappa shape index (κ3) is 3.88. The molecule has 2 heterocycles. The minimum Gasteiger partial charge on any atom is -0.286 e. The van der Waals surface area contributed by atoms with Crippen molar-refractivity contribution >= 4 is 15.7 Å². The van der Waals surface area contributed by atoms with Crippen molar-refractivity contribution in [3.63, 3.8) is 0 Å². The van der Waals surface area contributed by atoms with Gasteiger partial charge < -0.3 is 0 Å². The summed E-state index contributed by atoms with van der Waals surface area (Å²) in [5.74, 6) is 0.806. The second-order valence-electron chi connectivity index (χ2n) is 4.76. The van der Waals surface area contributed by atoms with Gasteiger partial charge in [0.2, 0.25) is 10.0 Å². The van der Waals surface area contributed by atoms with E-state index in [1.807, 2.05) is 28.8 Å². The summed E-state index contributed by atoms with van der Waals surface area (Å²) in [5.41, 5.74) is 1.42. The minimum absolute atomic E-state index is 0.0269. The van der Waals surface area contributed by atoms with Gasteiger partial charge in [0.25, 0.3) is 0 Å². The summed E-state index contributed by atoms with van der Waals surface area (Å²) in [6.45, 7) is 5.68. The number of aryl methyl sites for hydroxylation is 1. The standard InChI is InChI=1S/C13H18N4O2S/c1-11(2)10-20(18,19)14-8-5-7-13-16-15-12-6-3-4-9-17(12)13/h3-4,6,9,14H,1,5,7-8,10H2,2H3. The number of hydrogen-bond donors (Lipinski definition) is 1. The molecule has 2 rings (SSSR count). The van der Waals surface area contributed by atoms with Crippen LogP contribution in [0.25, 0.3) is 5.65 Å². The van der Waals surface area contributed by atoms with Gasteiger partial charge in [-0.3, -0.25) is 4.40 Å². The zero-order valence-electron chi connectivity index (χ0n) is 11.4. The molecule has 0 unspecified atom stereocenters. The predicted molar refractivity (Wildman–Crippen MR) is 77.9 cm³/mol. The van der Waals surface area contributed by atoms with Crippen LogP contribution >= 0.6 is 0 Å². The number of aromatic nitrogens is 3. The smallest absolute Gasteiger partial charge is 0.215 e. The molecule has 0 bridgehead atoms. The number of sulfonamides is 1. The van der Waals surface area contributed by atoms with Crippen LogP contribution in [0.15, 0.2) is 36.5 Å². The van der Waals surface area contributed by atoms with Crippen molar-refractivity contribution in [3.8, 4) is 0 Å². The molecule has 0 aromatic carbocycles. The maximum atomic E-state index is 11.6. The molecule has 0 spiro atoms. The molecular formula is C13H18N4O2S. The number of nitrogens with one attached hydrogen (secondary N) is 1. The van der Waals surface area contributed by atoms with E-state index in [0.29, 0.717) is 25.0 Å². The summed E-state index contributed by atoms with van der Waals surface area (Å²) in [6, 6.07) is 5.70. The fourth-order valence-electron chi connectivity index (χ4n) is 1.91. The van der Waals surface area contributed by atoms with Gasteiger partial charge in [0, 0.05) is 19.2 Å². The normalized spacial score (nSPS) is 11.8. The van der Waals surface area contributed by atoms with Crippen LogP contribution in [0.3, 0.4) is 0 Å². The largest absolute Gasteiger partial charge is 0.286 e. The van der Waals surface area contributed by atoms with Gasteiger partial charge in [-0.15, -0.1) is 10.2 Å². The fourth-order valence-corrected chi connectivity index (χ4v) is 3.12. The van der Waals surface area contributed by atoms with E-state index in [2.05, 4.69) is 21.5 Å². The zero-order chi connectivity index (χ0) is 14.6. The quantitative estimate of drug-likeness (QED) is 0.614. The molecule has 0 aliphatic carbocycles. The van der Waals surface area contributed by atoms with E-state index in [1.54, 1.807) is 6.92 Å². The van der Waals surface area contributed by atoms with Crippen LogP contribution in [0.5, 0.6) is 0 Å². The van der Waals surface area contributed by atoms with Gasteiger partial charge in [-0.1, -0.05) is 18.2 Å². The van der Waals surface area contributed by atoms with E-state index in [0.717, 1.165) is 11.5 Å². The first-order chi connectivity index (χ1) is 9.48. The third-order valence-corrected chi connectivity index (χ3v) is 4.24. The van der Waals surface area contributed by atoms with Crippen LogP contribution < -0.4 is 4.72 Å². The van der Waals surface area contributed by atoms with Gasteiger partial charge in [-0.25, -0.2) is 13.1 Å². The Bertz CT molecular complexity index is 706. The molecule has 0 atom stereocenters. The van der Waals surface area contributed by atoms with Gasteiger partial charge in [0.05, 0.1) is 5.75 Å². The first kappa shape index (κ1) is 14.7. The summed E-state index contributed by atoms with van der Waals surface area (Å²) >= 11 is 0. The minimum atomic E-state index is -3.26. The molecule has 108 valence electrons. The molecule has 0 radical (unpaired) electrons. The molecule has 0 fully saturated rings. The lowest BCUT2D eigenvalue weighted by Crippen LogP contribution is -2.28. The van der Waals surface area contributed by atoms with Gasteiger partial charge in [0.15, 0.2) is 5.65 Å². The summed E-state index contributed by atoms with van der Waals surface area (Å²) in [7, 11) is -3.26. The number of rotatable bonds is 7. The summed E-state index contributed by atoms with van der Waals surface area (Å²) in [4.78, 5) is 0. The average Bonchev–Trinajstić information content (AvgIpc) is 2.76. The van der Waals surface area contributed by atoms with E-state index in [1.165, 1.54) is 0 Å². The third-order valence-electron chi connectivity index (χ3n) is 2.72. The van der Waals surface area contributed by atoms with Crippen LogP contribution in [0.4, 0.5) is 0 Å². The van der Waals surface area contributed by atoms with Crippen LogP contribution in [0.2, 0.25) is 0 Å². The number of fused-ring (bicyclic) bond motifs is 1. The Labute approximate surface area is 118 Å². The highest BCUT2D eigenvalue weighted by Crippen LogP contribution is 2.05. The molecule has 2 aromatic heterocycles. The maximum Gasteiger partial charge on any atom is 0.215 e. The van der Waals surface area contributed by atoms with E-state index in [4.69, 9.17) is 0 Å². The van der Waals surface area contributed by atoms with E-state index < -0.39 is 10.0 Å². The first-order valence-corrected chi connectivity index (χ1v) is 8.03. The number of nitrogens with zero attached hydrogens (tertiary/aromatic N) is 3. The van der Waals surface area contributed by atoms with Crippen molar-refractivity contribution in [1.82, 2.24) is 19.3 Å². The Morgan fingerprint density at radius 3 is 2.95 bits per heavy atom. The van der Waals surface area contributed by atoms with Crippen LogP contribution in [-0.4, -0.2) is 35.3 Å². The van der Waals surface area contributed by atoms with Crippen molar-refractivity contribution < 1.29 is 8.42 Å². The second-order valence-corrected chi connectivity index (χ2v) is 6.57. The Morgan fingerprint density at radius 2 is 2.20 bits per heavy atom. The predicted octanol–water partition coefficient (Wildman–Crippen LogP) is 1.16. The van der Waals surface area contributed by atoms with Gasteiger partial charge in [-0.2, -0.15) is 0 Å². The molecule has 0 saturated carbocycles. The van der Waals surface area contributed by atoms with Gasteiger partial charge in [-0.05, 0) is 25.5 Å². The molecule has 0 aliphatic rings. The Balaban J connectivity index is 1.86. The lowest BCUT2D eigenvalue weighted by atomic mass is 10.3. The Morgan fingerprint density at radius 1 is 1.40 bits per heavy atom. The van der Waals surface area contributed by atoms with Crippen LogP contribution in [-0.2, 0) is 16.4 Å². The van der Waals surface area contributed by atoms with Gasteiger partial charge in [0.1, 0.15) is 5.82 Å². The molecule has 2 aromatic rings. The Hall–Kier alpha value is -1.73. The maximum absolute atomic E-state index is 11.6. The zero-order valence-corrected chi connectivity index (χ0v) is 12.2. The Kier molecular flexibility index (Phi) is 4.51. The molecule has 0 saturated heterocycles. The molecule has 7 heteroatoms. The highest BCUT2D eigenvalue weighted by molar-refractivity contribution is 7.89. The molecule has 0 amide bonds. The molecular weight excluding hydrogens is 276 g/mol. The average molecular weight is 294 g/mol. The van der Waals surface area contributed by atoms with E-state index in [-0.39, 0.29) is 5.75 Å². The monoisotopic (exact) mass is 294 g/mol. The number of pyridine rings is 1. The van der Waals surface area contributed by atoms with Crippen molar-refractivity contribution in [1.29, 1.82) is 0 Å². The summed E-state index contributed by atoms with van der Waals surface area (Å²) in [6.07, 6.45) is 3.24. The van der Waals surface area contributed by atoms with Crippen molar-refractivity contribution in [2.75, 3.05) is 12.3 Å². The molecule has 20 heavy (non-hydrogen) atoms. The van der Waals surface area contributed by atoms with E-state index >= 15 is 0 Å². The topological polar surface area (TPSA) is 76.4 Å². The van der Waals surface area contributed by atoms with Gasteiger partial charge >= 0.3 is 0 Å². The van der Waals surface area contributed by atoms with Crippen molar-refractivity contribution in [2.45, 2.75) is 19.8 Å². The summed E-state index contributed by atoms with van der Waals surface area (Å²) < 4.78 is 27.7. The fraction of sp³-hybridized carbons (Fsp3) is 0.385. The molecule has 0 aliphatic heterocycles. The second kappa shape index (κ2) is 6.15. The number of hydrogen-bond acceptors (Lipinski definition) is 4. The van der Waals surface area contributed by atoms with Crippen LogP contribution in [0, 0.1) is 0 Å². The lowest BCUT2D eigenvalue weighted by Gasteiger charge is -2.05. The van der Waals surface area contributed by atoms with Crippen LogP contribution in [0.1, 0.15) is 19.2 Å².